The maximum atomic E-state index is 5.98. The molecule has 3 heterocycles. The first-order valence-corrected chi connectivity index (χ1v) is 26.0. The monoisotopic (exact) mass is 931 g/mol. The second-order valence-corrected chi connectivity index (χ2v) is 27.0. The lowest BCUT2D eigenvalue weighted by atomic mass is 9.35. The van der Waals surface area contributed by atoms with Gasteiger partial charge in [-0.05, 0) is 144 Å². The number of para-hydroxylation sites is 2. The van der Waals surface area contributed by atoms with E-state index in [0.717, 1.165) is 27.1 Å². The molecule has 2 aliphatic heterocycles. The Morgan fingerprint density at radius 1 is 0.406 bits per heavy atom. The van der Waals surface area contributed by atoms with Crippen LogP contribution in [0.4, 0.5) is 49.9 Å². The maximum absolute atomic E-state index is 5.98. The van der Waals surface area contributed by atoms with Crippen LogP contribution in [0, 0.1) is 0 Å². The van der Waals surface area contributed by atoms with Crippen molar-refractivity contribution in [3.05, 3.63) is 161 Å². The van der Waals surface area contributed by atoms with Crippen LogP contribution in [0.25, 0.3) is 0 Å². The summed E-state index contributed by atoms with van der Waals surface area (Å²) in [4.78, 5) is 13.6. The summed E-state index contributed by atoms with van der Waals surface area (Å²) in [7, 11) is 0. The summed E-state index contributed by atoms with van der Waals surface area (Å²) in [6, 6.07) is 48.7. The molecule has 4 nitrogen and oxygen atoms in total. The molecule has 6 aromatic carbocycles. The summed E-state index contributed by atoms with van der Waals surface area (Å²) in [5.41, 5.74) is 19.3. The van der Waals surface area contributed by atoms with Gasteiger partial charge in [-0.3, -0.25) is 4.90 Å². The van der Waals surface area contributed by atoms with Crippen LogP contribution < -0.4 is 31.2 Å². The summed E-state index contributed by atoms with van der Waals surface area (Å²) in [5.74, 6) is 0. The van der Waals surface area contributed by atoms with Crippen LogP contribution in [0.1, 0.15) is 158 Å². The van der Waals surface area contributed by atoms with Gasteiger partial charge in [0.2, 0.25) is 0 Å². The molecule has 0 spiro atoms. The van der Waals surface area contributed by atoms with Gasteiger partial charge in [0.05, 0.1) is 5.59 Å². The molecule has 2 aliphatic rings. The smallest absolute Gasteiger partial charge is 0.276 e. The highest BCUT2D eigenvalue weighted by Gasteiger charge is 2.47. The van der Waals surface area contributed by atoms with Crippen LogP contribution in [0.3, 0.4) is 0 Å². The molecule has 0 amide bonds. The largest absolute Gasteiger partial charge is 0.311 e. The highest BCUT2D eigenvalue weighted by atomic mass is 32.1. The maximum Gasteiger partial charge on any atom is 0.276 e. The van der Waals surface area contributed by atoms with Crippen LogP contribution in [0.5, 0.6) is 0 Å². The molecule has 6 heteroatoms. The fourth-order valence-corrected chi connectivity index (χ4v) is 11.1. The van der Waals surface area contributed by atoms with Gasteiger partial charge in [0.15, 0.2) is 5.13 Å². The molecule has 0 radical (unpaired) electrons. The molecule has 0 saturated heterocycles. The SMILES string of the molecule is CC(C)(C)c1cc(N2c3ccc(C(C)(C)C)cc3B3c4nc(N(c5ccccc5)c5ccccc5)sc4N(c4cc(C(C)(C)C)cc(C(C)(C)C)c4)c4cc(C(C)(C)C)cc2c43)cc(C(C)(C)C)c1. The average Bonchev–Trinajstić information content (AvgIpc) is 3.68. The van der Waals surface area contributed by atoms with E-state index >= 15 is 0 Å². The van der Waals surface area contributed by atoms with Gasteiger partial charge in [-0.2, -0.15) is 0 Å². The Labute approximate surface area is 419 Å². The van der Waals surface area contributed by atoms with Gasteiger partial charge in [0, 0.05) is 39.8 Å². The molecule has 0 aliphatic carbocycles. The molecule has 0 atom stereocenters. The van der Waals surface area contributed by atoms with Crippen molar-refractivity contribution < 1.29 is 0 Å². The van der Waals surface area contributed by atoms with E-state index < -0.39 is 0 Å². The molecular formula is C63H75BN4S. The minimum Gasteiger partial charge on any atom is -0.311 e. The number of thiazole rings is 1. The van der Waals surface area contributed by atoms with Gasteiger partial charge >= 0.3 is 0 Å². The number of rotatable bonds is 5. The van der Waals surface area contributed by atoms with E-state index in [2.05, 4.69) is 267 Å². The average molecular weight is 931 g/mol. The molecule has 0 fully saturated rings. The van der Waals surface area contributed by atoms with Crippen LogP contribution in [-0.2, 0) is 32.5 Å². The summed E-state index contributed by atoms with van der Waals surface area (Å²) < 4.78 is 0. The molecular weight excluding hydrogens is 856 g/mol. The van der Waals surface area contributed by atoms with Gasteiger partial charge < -0.3 is 9.80 Å². The predicted octanol–water partition coefficient (Wildman–Crippen LogP) is 16.5. The van der Waals surface area contributed by atoms with Crippen molar-refractivity contribution in [1.29, 1.82) is 0 Å². The fraction of sp³-hybridized carbons (Fsp3) is 0.381. The zero-order valence-electron chi connectivity index (χ0n) is 44.9. The number of hydrogen-bond acceptors (Lipinski definition) is 5. The van der Waals surface area contributed by atoms with Crippen molar-refractivity contribution in [1.82, 2.24) is 4.98 Å². The van der Waals surface area contributed by atoms with Crippen molar-refractivity contribution in [2.45, 2.75) is 157 Å². The quantitative estimate of drug-likeness (QED) is 0.160. The van der Waals surface area contributed by atoms with Gasteiger partial charge in [-0.15, -0.1) is 0 Å². The van der Waals surface area contributed by atoms with Gasteiger partial charge in [-0.1, -0.05) is 197 Å². The van der Waals surface area contributed by atoms with Crippen LogP contribution >= 0.6 is 11.3 Å². The fourth-order valence-electron chi connectivity index (χ4n) is 9.88. The van der Waals surface area contributed by atoms with E-state index in [1.54, 1.807) is 11.3 Å². The van der Waals surface area contributed by atoms with E-state index in [-0.39, 0.29) is 39.2 Å². The molecule has 7 aromatic rings. The van der Waals surface area contributed by atoms with Crippen molar-refractivity contribution in [2.24, 2.45) is 0 Å². The lowest BCUT2D eigenvalue weighted by Crippen LogP contribution is -2.62. The minimum absolute atomic E-state index is 0.0607. The Bertz CT molecular complexity index is 2960. The molecule has 0 saturated carbocycles. The third-order valence-electron chi connectivity index (χ3n) is 14.4. The second kappa shape index (κ2) is 16.5. The topological polar surface area (TPSA) is 22.6 Å². The lowest BCUT2D eigenvalue weighted by molar-refractivity contribution is 0.568. The molecule has 0 N–H and O–H groups in total. The van der Waals surface area contributed by atoms with Crippen molar-refractivity contribution in [2.75, 3.05) is 14.7 Å². The Balaban J connectivity index is 1.46. The summed E-state index contributed by atoms with van der Waals surface area (Å²) in [5, 5.41) is 2.10. The molecule has 0 bridgehead atoms. The Morgan fingerprint density at radius 3 is 1.22 bits per heavy atom. The molecule has 0 unspecified atom stereocenters. The molecule has 356 valence electrons. The number of aromatic nitrogens is 1. The molecule has 69 heavy (non-hydrogen) atoms. The number of anilines is 9. The van der Waals surface area contributed by atoms with Gasteiger partial charge in [0.1, 0.15) is 5.00 Å². The Kier molecular flexibility index (Phi) is 11.6. The number of fused-ring (bicyclic) bond motifs is 4. The Morgan fingerprint density at radius 2 is 0.797 bits per heavy atom. The van der Waals surface area contributed by atoms with Crippen molar-refractivity contribution >= 4 is 84.5 Å². The summed E-state index contributed by atoms with van der Waals surface area (Å²) in [6.45, 7) is 42.2. The normalized spacial score (nSPS) is 14.1. The first-order chi connectivity index (χ1) is 32.0. The number of hydrogen-bond donors (Lipinski definition) is 0. The Hall–Kier alpha value is -5.59. The zero-order chi connectivity index (χ0) is 50.0. The van der Waals surface area contributed by atoms with Gasteiger partial charge in [-0.25, -0.2) is 4.98 Å². The molecule has 9 rings (SSSR count). The van der Waals surface area contributed by atoms with Gasteiger partial charge in [0.25, 0.3) is 6.71 Å². The van der Waals surface area contributed by atoms with Crippen LogP contribution in [-0.4, -0.2) is 11.7 Å². The van der Waals surface area contributed by atoms with E-state index in [9.17, 15) is 0 Å². The lowest BCUT2D eigenvalue weighted by Gasteiger charge is -2.44. The minimum atomic E-state index is -0.154. The van der Waals surface area contributed by atoms with Crippen LogP contribution in [0.15, 0.2) is 127 Å². The first-order valence-electron chi connectivity index (χ1n) is 25.2. The zero-order valence-corrected chi connectivity index (χ0v) is 45.7. The summed E-state index contributed by atoms with van der Waals surface area (Å²) in [6.07, 6.45) is 0. The van der Waals surface area contributed by atoms with Crippen molar-refractivity contribution in [3.8, 4) is 0 Å². The van der Waals surface area contributed by atoms with E-state index in [0.29, 0.717) is 0 Å². The van der Waals surface area contributed by atoms with Crippen LogP contribution in [0.2, 0.25) is 0 Å². The highest BCUT2D eigenvalue weighted by Crippen LogP contribution is 2.51. The molecule has 1 aromatic heterocycles. The summed E-state index contributed by atoms with van der Waals surface area (Å²) >= 11 is 1.81. The second-order valence-electron chi connectivity index (χ2n) is 26.0. The highest BCUT2D eigenvalue weighted by molar-refractivity contribution is 7.23. The van der Waals surface area contributed by atoms with E-state index in [1.165, 1.54) is 72.7 Å². The van der Waals surface area contributed by atoms with Crippen molar-refractivity contribution in [3.63, 3.8) is 0 Å². The number of benzene rings is 6. The first kappa shape index (κ1) is 48.4. The number of nitrogens with zero attached hydrogens (tertiary/aromatic N) is 4. The van der Waals surface area contributed by atoms with E-state index in [4.69, 9.17) is 4.98 Å². The van der Waals surface area contributed by atoms with E-state index in [1.807, 2.05) is 0 Å². The standard InChI is InChI=1S/C63H75BN4S/c1-58(2,3)40-29-30-51-50(37-40)64-54-52(67(51)48-33-41(59(4,5)6)31-42(34-48)60(7,8)9)38-45(63(16,17)18)39-53(54)68(49-35-43(61(10,11)12)32-44(36-49)62(13,14)15)56-55(64)65-57(69-56)66(46-25-21-19-22-26-46)47-27-23-20-24-28-47/h19-39H,1-18H3. The third kappa shape index (κ3) is 8.96. The predicted molar refractivity (Wildman–Crippen MR) is 303 cm³/mol. The third-order valence-corrected chi connectivity index (χ3v) is 15.4.